The molecule has 0 aliphatic carbocycles. The van der Waals surface area contributed by atoms with Gasteiger partial charge in [0.1, 0.15) is 0 Å². The van der Waals surface area contributed by atoms with E-state index < -0.39 is 0 Å². The van der Waals surface area contributed by atoms with Crippen molar-refractivity contribution in [1.82, 2.24) is 10.4 Å². The van der Waals surface area contributed by atoms with Crippen molar-refractivity contribution in [2.45, 2.75) is 19.8 Å². The molecule has 3 heteroatoms. The van der Waals surface area contributed by atoms with Gasteiger partial charge < -0.3 is 0 Å². The SMILES string of the molecule is C[C@@H]1CCCN(NC(=O)c2ccccc2)C1. The van der Waals surface area contributed by atoms with E-state index in [0.717, 1.165) is 25.1 Å². The molecule has 0 unspecified atom stereocenters. The number of hydrogen-bond acceptors (Lipinski definition) is 2. The summed E-state index contributed by atoms with van der Waals surface area (Å²) in [4.78, 5) is 11.9. The predicted octanol–water partition coefficient (Wildman–Crippen LogP) is 2.06. The molecule has 1 heterocycles. The minimum absolute atomic E-state index is 0.00491. The smallest absolute Gasteiger partial charge is 0.265 e. The average Bonchev–Trinajstić information content (AvgIpc) is 2.30. The molecule has 0 saturated carbocycles. The van der Waals surface area contributed by atoms with E-state index in [1.165, 1.54) is 6.42 Å². The summed E-state index contributed by atoms with van der Waals surface area (Å²) in [6, 6.07) is 9.35. The third-order valence-electron chi connectivity index (χ3n) is 2.95. The molecule has 0 bridgehead atoms. The number of carbonyl (C=O) groups is 1. The number of carbonyl (C=O) groups excluding carboxylic acids is 1. The van der Waals surface area contributed by atoms with Gasteiger partial charge in [-0.3, -0.25) is 10.2 Å². The van der Waals surface area contributed by atoms with Crippen molar-refractivity contribution in [3.05, 3.63) is 35.9 Å². The fourth-order valence-electron chi connectivity index (χ4n) is 2.09. The standard InChI is InChI=1S/C13H18N2O/c1-11-6-5-9-15(10-11)14-13(16)12-7-3-2-4-8-12/h2-4,7-8,11H,5-6,9-10H2,1H3,(H,14,16)/t11-/m1/s1. The van der Waals surface area contributed by atoms with Gasteiger partial charge in [-0.05, 0) is 30.9 Å². The highest BCUT2D eigenvalue weighted by Crippen LogP contribution is 2.13. The summed E-state index contributed by atoms with van der Waals surface area (Å²) >= 11 is 0. The van der Waals surface area contributed by atoms with Crippen LogP contribution in [0.15, 0.2) is 30.3 Å². The van der Waals surface area contributed by atoms with E-state index in [4.69, 9.17) is 0 Å². The van der Waals surface area contributed by atoms with E-state index in [0.29, 0.717) is 5.92 Å². The summed E-state index contributed by atoms with van der Waals surface area (Å²) in [6.45, 7) is 4.14. The molecule has 3 nitrogen and oxygen atoms in total. The zero-order chi connectivity index (χ0) is 11.4. The first-order valence-corrected chi connectivity index (χ1v) is 5.86. The molecule has 1 aliphatic heterocycles. The van der Waals surface area contributed by atoms with Gasteiger partial charge in [0.25, 0.3) is 5.91 Å². The molecule has 1 atom stereocenters. The molecule has 1 aliphatic rings. The number of rotatable bonds is 2. The molecule has 2 rings (SSSR count). The summed E-state index contributed by atoms with van der Waals surface area (Å²) in [6.07, 6.45) is 2.42. The van der Waals surface area contributed by atoms with E-state index in [1.807, 2.05) is 35.3 Å². The highest BCUT2D eigenvalue weighted by molar-refractivity contribution is 5.93. The number of amides is 1. The Morgan fingerprint density at radius 3 is 2.81 bits per heavy atom. The zero-order valence-corrected chi connectivity index (χ0v) is 9.65. The van der Waals surface area contributed by atoms with Crippen LogP contribution in [-0.4, -0.2) is 24.0 Å². The minimum Gasteiger partial charge on any atom is -0.285 e. The number of hydrogen-bond donors (Lipinski definition) is 1. The molecule has 0 aromatic heterocycles. The lowest BCUT2D eigenvalue weighted by atomic mass is 10.0. The second-order valence-electron chi connectivity index (χ2n) is 4.50. The molecule has 1 fully saturated rings. The van der Waals surface area contributed by atoms with E-state index in [-0.39, 0.29) is 5.91 Å². The molecule has 0 spiro atoms. The lowest BCUT2D eigenvalue weighted by Crippen LogP contribution is -2.47. The Morgan fingerprint density at radius 2 is 2.12 bits per heavy atom. The number of benzene rings is 1. The molecular weight excluding hydrogens is 200 g/mol. The van der Waals surface area contributed by atoms with E-state index >= 15 is 0 Å². The van der Waals surface area contributed by atoms with Crippen LogP contribution in [0.25, 0.3) is 0 Å². The maximum Gasteiger partial charge on any atom is 0.265 e. The van der Waals surface area contributed by atoms with Crippen molar-refractivity contribution in [1.29, 1.82) is 0 Å². The van der Waals surface area contributed by atoms with Crippen LogP contribution in [0.2, 0.25) is 0 Å². The molecule has 1 aromatic rings. The molecule has 1 N–H and O–H groups in total. The zero-order valence-electron chi connectivity index (χ0n) is 9.65. The van der Waals surface area contributed by atoms with E-state index in [9.17, 15) is 4.79 Å². The number of nitrogens with zero attached hydrogens (tertiary/aromatic N) is 1. The Balaban J connectivity index is 1.92. The Kier molecular flexibility index (Phi) is 3.57. The number of hydrazine groups is 1. The van der Waals surface area contributed by atoms with Crippen molar-refractivity contribution in [2.24, 2.45) is 5.92 Å². The summed E-state index contributed by atoms with van der Waals surface area (Å²) in [5.41, 5.74) is 3.68. The van der Waals surface area contributed by atoms with Crippen LogP contribution < -0.4 is 5.43 Å². The number of piperidine rings is 1. The van der Waals surface area contributed by atoms with Crippen LogP contribution in [0.4, 0.5) is 0 Å². The Bertz CT molecular complexity index is 350. The van der Waals surface area contributed by atoms with Gasteiger partial charge >= 0.3 is 0 Å². The molecule has 1 saturated heterocycles. The molecule has 16 heavy (non-hydrogen) atoms. The van der Waals surface area contributed by atoms with Gasteiger partial charge in [0.05, 0.1) is 0 Å². The first-order chi connectivity index (χ1) is 7.75. The third kappa shape index (κ3) is 2.83. The summed E-state index contributed by atoms with van der Waals surface area (Å²) in [7, 11) is 0. The van der Waals surface area contributed by atoms with Crippen LogP contribution in [0, 0.1) is 5.92 Å². The highest BCUT2D eigenvalue weighted by atomic mass is 16.2. The van der Waals surface area contributed by atoms with Crippen molar-refractivity contribution >= 4 is 5.91 Å². The molecule has 1 amide bonds. The first kappa shape index (κ1) is 11.1. The lowest BCUT2D eigenvalue weighted by molar-refractivity contribution is 0.0694. The molecule has 1 aromatic carbocycles. The average molecular weight is 218 g/mol. The quantitative estimate of drug-likeness (QED) is 0.824. The van der Waals surface area contributed by atoms with Crippen molar-refractivity contribution < 1.29 is 4.79 Å². The lowest BCUT2D eigenvalue weighted by Gasteiger charge is -2.30. The highest BCUT2D eigenvalue weighted by Gasteiger charge is 2.18. The number of nitrogens with one attached hydrogen (secondary N) is 1. The fourth-order valence-corrected chi connectivity index (χ4v) is 2.09. The Morgan fingerprint density at radius 1 is 1.38 bits per heavy atom. The third-order valence-corrected chi connectivity index (χ3v) is 2.95. The van der Waals surface area contributed by atoms with Gasteiger partial charge in [0.15, 0.2) is 0 Å². The second-order valence-corrected chi connectivity index (χ2v) is 4.50. The second kappa shape index (κ2) is 5.12. The predicted molar refractivity (Wildman–Crippen MR) is 63.9 cm³/mol. The molecular formula is C13H18N2O. The van der Waals surface area contributed by atoms with Gasteiger partial charge in [0.2, 0.25) is 0 Å². The topological polar surface area (TPSA) is 32.3 Å². The van der Waals surface area contributed by atoms with Crippen LogP contribution in [-0.2, 0) is 0 Å². The first-order valence-electron chi connectivity index (χ1n) is 5.86. The summed E-state index contributed by atoms with van der Waals surface area (Å²) in [5, 5.41) is 2.03. The minimum atomic E-state index is -0.00491. The summed E-state index contributed by atoms with van der Waals surface area (Å²) < 4.78 is 0. The largest absolute Gasteiger partial charge is 0.285 e. The van der Waals surface area contributed by atoms with Crippen molar-refractivity contribution in [3.8, 4) is 0 Å². The summed E-state index contributed by atoms with van der Waals surface area (Å²) in [5.74, 6) is 0.666. The molecule has 86 valence electrons. The van der Waals surface area contributed by atoms with Gasteiger partial charge in [-0.2, -0.15) is 0 Å². The maximum atomic E-state index is 11.9. The van der Waals surface area contributed by atoms with Crippen LogP contribution in [0.5, 0.6) is 0 Å². The van der Waals surface area contributed by atoms with Gasteiger partial charge in [-0.15, -0.1) is 0 Å². The van der Waals surface area contributed by atoms with Crippen molar-refractivity contribution in [3.63, 3.8) is 0 Å². The fraction of sp³-hybridized carbons (Fsp3) is 0.462. The Hall–Kier alpha value is -1.35. The van der Waals surface area contributed by atoms with Gasteiger partial charge in [-0.1, -0.05) is 25.1 Å². The monoisotopic (exact) mass is 218 g/mol. The maximum absolute atomic E-state index is 11.9. The van der Waals surface area contributed by atoms with Crippen LogP contribution in [0.1, 0.15) is 30.1 Å². The van der Waals surface area contributed by atoms with Gasteiger partial charge in [-0.25, -0.2) is 5.01 Å². The van der Waals surface area contributed by atoms with Gasteiger partial charge in [0, 0.05) is 18.7 Å². The van der Waals surface area contributed by atoms with Crippen LogP contribution >= 0.6 is 0 Å². The Labute approximate surface area is 96.4 Å². The van der Waals surface area contributed by atoms with Crippen molar-refractivity contribution in [2.75, 3.05) is 13.1 Å². The van der Waals surface area contributed by atoms with E-state index in [2.05, 4.69) is 12.3 Å². The van der Waals surface area contributed by atoms with Crippen LogP contribution in [0.3, 0.4) is 0 Å². The van der Waals surface area contributed by atoms with E-state index in [1.54, 1.807) is 0 Å². The molecule has 0 radical (unpaired) electrons. The normalized spacial score (nSPS) is 21.7.